The van der Waals surface area contributed by atoms with Crippen LogP contribution in [-0.4, -0.2) is 33.8 Å². The van der Waals surface area contributed by atoms with Crippen LogP contribution in [0.3, 0.4) is 0 Å². The number of aromatic nitrogens is 2. The Bertz CT molecular complexity index is 642. The Morgan fingerprint density at radius 1 is 1.55 bits per heavy atom. The van der Waals surface area contributed by atoms with Crippen LogP contribution in [0.15, 0.2) is 18.2 Å². The van der Waals surface area contributed by atoms with Crippen molar-refractivity contribution in [3.05, 3.63) is 29.6 Å². The highest BCUT2D eigenvalue weighted by molar-refractivity contribution is 6.01. The number of carboxylic acid groups (broad SMARTS) is 1. The van der Waals surface area contributed by atoms with Crippen LogP contribution >= 0.6 is 0 Å². The zero-order chi connectivity index (χ0) is 14.1. The van der Waals surface area contributed by atoms with Gasteiger partial charge in [-0.3, -0.25) is 0 Å². The van der Waals surface area contributed by atoms with Crippen molar-refractivity contribution in [2.75, 3.05) is 13.2 Å². The Morgan fingerprint density at radius 2 is 2.40 bits per heavy atom. The molecule has 106 valence electrons. The van der Waals surface area contributed by atoms with E-state index in [-0.39, 0.29) is 11.6 Å². The van der Waals surface area contributed by atoms with Crippen molar-refractivity contribution in [1.29, 1.82) is 0 Å². The molecule has 2 heterocycles. The summed E-state index contributed by atoms with van der Waals surface area (Å²) in [6.45, 7) is 3.54. The molecule has 1 aromatic heterocycles. The Morgan fingerprint density at radius 3 is 3.05 bits per heavy atom. The summed E-state index contributed by atoms with van der Waals surface area (Å²) in [7, 11) is 0. The van der Waals surface area contributed by atoms with E-state index in [0.717, 1.165) is 37.2 Å². The highest BCUT2D eigenvalue weighted by Crippen LogP contribution is 2.29. The molecule has 1 fully saturated rings. The Balaban J connectivity index is 2.21. The number of hydrogen-bond acceptors (Lipinski definition) is 3. The second-order valence-corrected chi connectivity index (χ2v) is 5.14. The lowest BCUT2D eigenvalue weighted by molar-refractivity contribution is 0.0699. The van der Waals surface area contributed by atoms with Gasteiger partial charge in [0.05, 0.1) is 23.7 Å². The third-order valence-corrected chi connectivity index (χ3v) is 3.77. The van der Waals surface area contributed by atoms with Crippen molar-refractivity contribution in [3.8, 4) is 0 Å². The van der Waals surface area contributed by atoms with Crippen molar-refractivity contribution in [2.24, 2.45) is 0 Å². The number of ether oxygens (including phenoxy) is 1. The fraction of sp³-hybridized carbons (Fsp3) is 0.467. The summed E-state index contributed by atoms with van der Waals surface area (Å²) in [6, 6.07) is 5.62. The topological polar surface area (TPSA) is 64.3 Å². The predicted molar refractivity (Wildman–Crippen MR) is 75.2 cm³/mol. The molecule has 0 radical (unpaired) electrons. The van der Waals surface area contributed by atoms with E-state index in [1.807, 2.05) is 6.07 Å². The molecular weight excluding hydrogens is 256 g/mol. The summed E-state index contributed by atoms with van der Waals surface area (Å²) in [4.78, 5) is 15.9. The van der Waals surface area contributed by atoms with Crippen molar-refractivity contribution >= 4 is 17.0 Å². The fourth-order valence-electron chi connectivity index (χ4n) is 2.87. The first-order chi connectivity index (χ1) is 9.72. The number of rotatable bonds is 4. The number of fused-ring (bicyclic) bond motifs is 1. The molecule has 1 aromatic carbocycles. The van der Waals surface area contributed by atoms with E-state index in [0.29, 0.717) is 12.1 Å². The van der Waals surface area contributed by atoms with Crippen LogP contribution in [0, 0.1) is 0 Å². The molecule has 0 amide bonds. The molecule has 2 aromatic rings. The Kier molecular flexibility index (Phi) is 3.44. The van der Waals surface area contributed by atoms with E-state index in [9.17, 15) is 9.90 Å². The van der Waals surface area contributed by atoms with E-state index in [1.165, 1.54) is 0 Å². The lowest BCUT2D eigenvalue weighted by Gasteiger charge is -2.14. The number of aromatic carboxylic acids is 1. The summed E-state index contributed by atoms with van der Waals surface area (Å²) >= 11 is 0. The normalized spacial score (nSPS) is 18.8. The van der Waals surface area contributed by atoms with Crippen LogP contribution in [0.1, 0.15) is 42.0 Å². The summed E-state index contributed by atoms with van der Waals surface area (Å²) in [5.41, 5.74) is 1.77. The zero-order valence-electron chi connectivity index (χ0n) is 11.5. The highest BCUT2D eigenvalue weighted by atomic mass is 16.5. The van der Waals surface area contributed by atoms with E-state index >= 15 is 0 Å². The average molecular weight is 274 g/mol. The number of hydrogen-bond donors (Lipinski definition) is 1. The third-order valence-electron chi connectivity index (χ3n) is 3.77. The van der Waals surface area contributed by atoms with Crippen molar-refractivity contribution in [2.45, 2.75) is 32.2 Å². The van der Waals surface area contributed by atoms with Gasteiger partial charge < -0.3 is 14.4 Å². The van der Waals surface area contributed by atoms with Gasteiger partial charge in [0.25, 0.3) is 0 Å². The van der Waals surface area contributed by atoms with Crippen LogP contribution in [-0.2, 0) is 11.2 Å². The first kappa shape index (κ1) is 13.1. The number of imidazole rings is 1. The minimum absolute atomic E-state index is 0.269. The van der Waals surface area contributed by atoms with Crippen LogP contribution in [0.25, 0.3) is 11.0 Å². The molecule has 1 atom stereocenters. The third kappa shape index (κ3) is 2.08. The number of carbonyl (C=O) groups is 1. The quantitative estimate of drug-likeness (QED) is 0.931. The average Bonchev–Trinajstić information content (AvgIpc) is 3.04. The Labute approximate surface area is 117 Å². The molecule has 1 aliphatic rings. The number of benzene rings is 1. The van der Waals surface area contributed by atoms with E-state index in [2.05, 4.69) is 16.5 Å². The standard InChI is InChI=1S/C15H18N2O3/c1-2-4-13-16-14-11(15(18)19)5-3-6-12(14)17(13)10-7-8-20-9-10/h3,5-6,10H,2,4,7-9H2,1H3,(H,18,19). The molecule has 1 N–H and O–H groups in total. The summed E-state index contributed by atoms with van der Waals surface area (Å²) in [6.07, 6.45) is 2.79. The number of nitrogens with zero attached hydrogens (tertiary/aromatic N) is 2. The van der Waals surface area contributed by atoms with Gasteiger partial charge in [0.2, 0.25) is 0 Å². The monoisotopic (exact) mass is 274 g/mol. The van der Waals surface area contributed by atoms with Crippen LogP contribution in [0.2, 0.25) is 0 Å². The second kappa shape index (κ2) is 5.25. The molecule has 1 saturated heterocycles. The number of aryl methyl sites for hydroxylation is 1. The van der Waals surface area contributed by atoms with E-state index in [1.54, 1.807) is 12.1 Å². The van der Waals surface area contributed by atoms with Gasteiger partial charge >= 0.3 is 5.97 Å². The lowest BCUT2D eigenvalue weighted by atomic mass is 10.1. The molecule has 1 aliphatic heterocycles. The van der Waals surface area contributed by atoms with Crippen molar-refractivity contribution in [1.82, 2.24) is 9.55 Å². The largest absolute Gasteiger partial charge is 0.478 e. The minimum Gasteiger partial charge on any atom is -0.478 e. The molecule has 5 heteroatoms. The maximum absolute atomic E-state index is 11.3. The first-order valence-corrected chi connectivity index (χ1v) is 7.03. The van der Waals surface area contributed by atoms with Gasteiger partial charge in [-0.1, -0.05) is 13.0 Å². The van der Waals surface area contributed by atoms with E-state index < -0.39 is 5.97 Å². The van der Waals surface area contributed by atoms with Gasteiger partial charge in [0.15, 0.2) is 0 Å². The number of para-hydroxylation sites is 1. The molecule has 0 bridgehead atoms. The van der Waals surface area contributed by atoms with Gasteiger partial charge in [0, 0.05) is 13.0 Å². The van der Waals surface area contributed by atoms with Crippen LogP contribution in [0.5, 0.6) is 0 Å². The highest BCUT2D eigenvalue weighted by Gasteiger charge is 2.24. The fourth-order valence-corrected chi connectivity index (χ4v) is 2.87. The summed E-state index contributed by atoms with van der Waals surface area (Å²) in [5.74, 6) is 0.0395. The van der Waals surface area contributed by atoms with Crippen molar-refractivity contribution in [3.63, 3.8) is 0 Å². The molecule has 1 unspecified atom stereocenters. The maximum atomic E-state index is 11.3. The van der Waals surface area contributed by atoms with Gasteiger partial charge in [-0.05, 0) is 25.0 Å². The molecule has 20 heavy (non-hydrogen) atoms. The first-order valence-electron chi connectivity index (χ1n) is 7.03. The van der Waals surface area contributed by atoms with Gasteiger partial charge in [-0.15, -0.1) is 0 Å². The zero-order valence-corrected chi connectivity index (χ0v) is 11.5. The van der Waals surface area contributed by atoms with Crippen LogP contribution in [0.4, 0.5) is 0 Å². The molecule has 0 spiro atoms. The van der Waals surface area contributed by atoms with E-state index in [4.69, 9.17) is 4.74 Å². The molecule has 0 saturated carbocycles. The maximum Gasteiger partial charge on any atom is 0.337 e. The SMILES string of the molecule is CCCc1nc2c(C(=O)O)cccc2n1C1CCOC1. The van der Waals surface area contributed by atoms with Gasteiger partial charge in [-0.25, -0.2) is 9.78 Å². The minimum atomic E-state index is -0.925. The summed E-state index contributed by atoms with van der Waals surface area (Å²) < 4.78 is 7.65. The smallest absolute Gasteiger partial charge is 0.337 e. The Hall–Kier alpha value is -1.88. The second-order valence-electron chi connectivity index (χ2n) is 5.14. The molecule has 3 rings (SSSR count). The molecular formula is C15H18N2O3. The molecule has 0 aliphatic carbocycles. The van der Waals surface area contributed by atoms with Crippen molar-refractivity contribution < 1.29 is 14.6 Å². The van der Waals surface area contributed by atoms with Gasteiger partial charge in [0.1, 0.15) is 11.3 Å². The molecule has 5 nitrogen and oxygen atoms in total. The van der Waals surface area contributed by atoms with Crippen LogP contribution < -0.4 is 0 Å². The lowest BCUT2D eigenvalue weighted by Crippen LogP contribution is -2.12. The predicted octanol–water partition coefficient (Wildman–Crippen LogP) is 2.65. The number of carboxylic acids is 1. The summed E-state index contributed by atoms with van der Waals surface area (Å²) in [5, 5.41) is 9.30. The van der Waals surface area contributed by atoms with Gasteiger partial charge in [-0.2, -0.15) is 0 Å².